The van der Waals surface area contributed by atoms with Crippen LogP contribution in [0.3, 0.4) is 0 Å². The normalized spacial score (nSPS) is 18.5. The molecule has 0 bridgehead atoms. The van der Waals surface area contributed by atoms with Gasteiger partial charge in [-0.3, -0.25) is 4.79 Å². The van der Waals surface area contributed by atoms with Crippen LogP contribution in [-0.4, -0.2) is 16.7 Å². The Morgan fingerprint density at radius 3 is 2.53 bits per heavy atom. The molecule has 1 aliphatic rings. The average Bonchev–Trinajstić information content (AvgIpc) is 2.55. The number of benzene rings is 1. The lowest BCUT2D eigenvalue weighted by molar-refractivity contribution is -0.114. The van der Waals surface area contributed by atoms with Crippen molar-refractivity contribution in [2.24, 2.45) is 5.10 Å². The molecule has 2 rings (SSSR count). The molecule has 0 aromatic heterocycles. The first-order valence-corrected chi connectivity index (χ1v) is 4.53. The van der Waals surface area contributed by atoms with Crippen molar-refractivity contribution < 1.29 is 9.90 Å². The molecule has 0 aliphatic carbocycles. The van der Waals surface area contributed by atoms with Crippen LogP contribution < -0.4 is 5.01 Å². The number of nitrogens with zero attached hydrogens (tertiary/aromatic N) is 2. The summed E-state index contributed by atoms with van der Waals surface area (Å²) in [4.78, 5) is 11.7. The molecular weight excluding hydrogens is 192 g/mol. The van der Waals surface area contributed by atoms with Crippen LogP contribution in [0.15, 0.2) is 47.3 Å². The Morgan fingerprint density at radius 2 is 2.00 bits per heavy atom. The number of carbonyl (C=O) groups excluding carboxylic acids is 1. The monoisotopic (exact) mass is 202 g/mol. The first-order valence-electron chi connectivity index (χ1n) is 4.53. The molecule has 4 heteroatoms. The molecular formula is C11H10N2O2. The second kappa shape index (κ2) is 3.57. The first kappa shape index (κ1) is 9.45. The summed E-state index contributed by atoms with van der Waals surface area (Å²) in [5.74, 6) is -0.304. The lowest BCUT2D eigenvalue weighted by Gasteiger charge is -2.10. The van der Waals surface area contributed by atoms with Gasteiger partial charge >= 0.3 is 0 Å². The molecule has 0 unspecified atom stereocenters. The van der Waals surface area contributed by atoms with Crippen molar-refractivity contribution in [1.29, 1.82) is 0 Å². The predicted octanol–water partition coefficient (Wildman–Crippen LogP) is 1.85. The molecule has 1 amide bonds. The Bertz CT molecular complexity index is 449. The van der Waals surface area contributed by atoms with E-state index in [1.807, 2.05) is 18.2 Å². The van der Waals surface area contributed by atoms with Crippen molar-refractivity contribution in [1.82, 2.24) is 0 Å². The number of para-hydroxylation sites is 1. The second-order valence-corrected chi connectivity index (χ2v) is 3.18. The molecule has 0 spiro atoms. The molecule has 1 aliphatic heterocycles. The van der Waals surface area contributed by atoms with E-state index in [2.05, 4.69) is 5.10 Å². The van der Waals surface area contributed by atoms with Crippen LogP contribution in [0.1, 0.15) is 6.92 Å². The van der Waals surface area contributed by atoms with Gasteiger partial charge in [0.15, 0.2) is 0 Å². The molecule has 1 aromatic rings. The molecule has 0 radical (unpaired) electrons. The lowest BCUT2D eigenvalue weighted by atomic mass is 10.2. The number of rotatable bonds is 1. The number of aliphatic hydroxyl groups is 1. The molecule has 1 N–H and O–H groups in total. The molecule has 0 atom stereocenters. The zero-order chi connectivity index (χ0) is 10.8. The van der Waals surface area contributed by atoms with Crippen molar-refractivity contribution in [3.05, 3.63) is 42.2 Å². The van der Waals surface area contributed by atoms with Crippen LogP contribution in [0, 0.1) is 0 Å². The fourth-order valence-corrected chi connectivity index (χ4v) is 1.41. The summed E-state index contributed by atoms with van der Waals surface area (Å²) >= 11 is 0. The number of amides is 1. The van der Waals surface area contributed by atoms with E-state index >= 15 is 0 Å². The number of hydrogen-bond donors (Lipinski definition) is 1. The molecule has 1 aromatic carbocycles. The zero-order valence-corrected chi connectivity index (χ0v) is 8.21. The minimum Gasteiger partial charge on any atom is -0.515 e. The highest BCUT2D eigenvalue weighted by molar-refractivity contribution is 6.29. The van der Waals surface area contributed by atoms with E-state index in [1.165, 1.54) is 5.01 Å². The summed E-state index contributed by atoms with van der Waals surface area (Å²) in [6.07, 6.45) is 0.796. The zero-order valence-electron chi connectivity index (χ0n) is 8.21. The van der Waals surface area contributed by atoms with Crippen molar-refractivity contribution in [3.8, 4) is 0 Å². The van der Waals surface area contributed by atoms with E-state index < -0.39 is 0 Å². The van der Waals surface area contributed by atoms with Crippen LogP contribution >= 0.6 is 0 Å². The average molecular weight is 202 g/mol. The van der Waals surface area contributed by atoms with Crippen molar-refractivity contribution in [3.63, 3.8) is 0 Å². The summed E-state index contributed by atoms with van der Waals surface area (Å²) in [6, 6.07) is 9.09. The van der Waals surface area contributed by atoms with Gasteiger partial charge < -0.3 is 5.11 Å². The van der Waals surface area contributed by atoms with Crippen molar-refractivity contribution >= 4 is 17.3 Å². The Kier molecular flexibility index (Phi) is 2.25. The van der Waals surface area contributed by atoms with Crippen LogP contribution in [0.2, 0.25) is 0 Å². The molecule has 15 heavy (non-hydrogen) atoms. The van der Waals surface area contributed by atoms with Crippen molar-refractivity contribution in [2.45, 2.75) is 6.92 Å². The van der Waals surface area contributed by atoms with Gasteiger partial charge in [-0.05, 0) is 19.1 Å². The Hall–Kier alpha value is -2.10. The predicted molar refractivity (Wildman–Crippen MR) is 57.7 cm³/mol. The molecule has 0 saturated carbocycles. The van der Waals surface area contributed by atoms with Gasteiger partial charge in [0, 0.05) is 0 Å². The summed E-state index contributed by atoms with van der Waals surface area (Å²) in [7, 11) is 0. The maximum atomic E-state index is 11.7. The highest BCUT2D eigenvalue weighted by atomic mass is 16.2. The first-order chi connectivity index (χ1) is 7.24. The number of aliphatic hydroxyl groups excluding tert-OH is 1. The standard InChI is InChI=1S/C11H10N2O2/c1-8-10(7-14)11(15)13(12-8)9-5-3-2-4-6-9/h2-7,14H,1H3/b10-7-. The third kappa shape index (κ3) is 1.50. The molecule has 4 nitrogen and oxygen atoms in total. The molecule has 76 valence electrons. The number of hydrogen-bond acceptors (Lipinski definition) is 3. The summed E-state index contributed by atoms with van der Waals surface area (Å²) < 4.78 is 0. The van der Waals surface area contributed by atoms with Gasteiger partial charge in [-0.15, -0.1) is 0 Å². The largest absolute Gasteiger partial charge is 0.515 e. The van der Waals surface area contributed by atoms with E-state index in [-0.39, 0.29) is 11.5 Å². The number of carbonyl (C=O) groups is 1. The minimum atomic E-state index is -0.304. The number of anilines is 1. The smallest absolute Gasteiger partial charge is 0.283 e. The summed E-state index contributed by atoms with van der Waals surface area (Å²) in [5.41, 5.74) is 1.45. The quantitative estimate of drug-likeness (QED) is 0.558. The molecule has 0 saturated heterocycles. The fraction of sp³-hybridized carbons (Fsp3) is 0.0909. The molecule has 0 fully saturated rings. The van der Waals surface area contributed by atoms with Gasteiger partial charge in [-0.2, -0.15) is 10.1 Å². The van der Waals surface area contributed by atoms with Gasteiger partial charge in [0.1, 0.15) is 0 Å². The minimum absolute atomic E-state index is 0.235. The fourth-order valence-electron chi connectivity index (χ4n) is 1.41. The number of hydrazone groups is 1. The molecule has 1 heterocycles. The second-order valence-electron chi connectivity index (χ2n) is 3.18. The lowest BCUT2D eigenvalue weighted by Crippen LogP contribution is -2.21. The van der Waals surface area contributed by atoms with E-state index in [0.717, 1.165) is 6.26 Å². The van der Waals surface area contributed by atoms with Gasteiger partial charge in [0.25, 0.3) is 5.91 Å². The SMILES string of the molecule is CC1=NN(c2ccccc2)C(=O)/C1=C\O. The summed E-state index contributed by atoms with van der Waals surface area (Å²) in [6.45, 7) is 1.68. The van der Waals surface area contributed by atoms with Gasteiger partial charge in [-0.1, -0.05) is 18.2 Å². The van der Waals surface area contributed by atoms with E-state index in [1.54, 1.807) is 19.1 Å². The summed E-state index contributed by atoms with van der Waals surface area (Å²) in [5, 5.41) is 14.2. The van der Waals surface area contributed by atoms with Crippen molar-refractivity contribution in [2.75, 3.05) is 5.01 Å². The highest BCUT2D eigenvalue weighted by Gasteiger charge is 2.28. The van der Waals surface area contributed by atoms with Gasteiger partial charge in [-0.25, -0.2) is 0 Å². The van der Waals surface area contributed by atoms with Gasteiger partial charge in [0.05, 0.1) is 23.2 Å². The van der Waals surface area contributed by atoms with Crippen LogP contribution in [-0.2, 0) is 4.79 Å². The Labute approximate surface area is 87.1 Å². The maximum Gasteiger partial charge on any atom is 0.283 e. The third-order valence-electron chi connectivity index (χ3n) is 2.19. The van der Waals surface area contributed by atoms with Crippen LogP contribution in [0.5, 0.6) is 0 Å². The highest BCUT2D eigenvalue weighted by Crippen LogP contribution is 2.22. The maximum absolute atomic E-state index is 11.7. The third-order valence-corrected chi connectivity index (χ3v) is 2.19. The van der Waals surface area contributed by atoms with Crippen LogP contribution in [0.25, 0.3) is 0 Å². The Balaban J connectivity index is 2.40. The van der Waals surface area contributed by atoms with Crippen LogP contribution in [0.4, 0.5) is 5.69 Å². The van der Waals surface area contributed by atoms with E-state index in [4.69, 9.17) is 5.11 Å². The van der Waals surface area contributed by atoms with E-state index in [0.29, 0.717) is 11.4 Å². The van der Waals surface area contributed by atoms with Gasteiger partial charge in [0.2, 0.25) is 0 Å². The topological polar surface area (TPSA) is 52.9 Å². The van der Waals surface area contributed by atoms with E-state index in [9.17, 15) is 4.79 Å². The Morgan fingerprint density at radius 1 is 1.33 bits per heavy atom.